The van der Waals surface area contributed by atoms with Gasteiger partial charge in [0.15, 0.2) is 11.5 Å². The van der Waals surface area contributed by atoms with E-state index in [0.29, 0.717) is 22.9 Å². The van der Waals surface area contributed by atoms with E-state index < -0.39 is 0 Å². The highest BCUT2D eigenvalue weighted by molar-refractivity contribution is 6.16. The molecule has 4 rings (SSSR count). The van der Waals surface area contributed by atoms with Gasteiger partial charge >= 0.3 is 6.03 Å². The standard InChI is InChI=1S/C26H32N4O3/c1-18-14-21-15-23(32-3)24(33-4)16-22(21)25(28-30(18)26(31)27-2)20-10-8-19(9-11-20)17-29-12-6-5-7-13-29/h8-11,14-16H,5-7,12-13,17H2,1-4H3,(H,27,31). The number of benzene rings is 2. The molecule has 2 aliphatic rings. The number of hydrogen-bond donors (Lipinski definition) is 1. The van der Waals surface area contributed by atoms with Crippen molar-refractivity contribution in [2.24, 2.45) is 5.10 Å². The minimum Gasteiger partial charge on any atom is -0.493 e. The number of urea groups is 1. The quantitative estimate of drug-likeness (QED) is 0.734. The molecule has 2 aliphatic heterocycles. The molecule has 0 saturated carbocycles. The lowest BCUT2D eigenvalue weighted by molar-refractivity contribution is 0.215. The second-order valence-corrected chi connectivity index (χ2v) is 8.43. The number of amides is 2. The van der Waals surface area contributed by atoms with Gasteiger partial charge in [-0.25, -0.2) is 4.79 Å². The molecular weight excluding hydrogens is 416 g/mol. The first kappa shape index (κ1) is 22.9. The van der Waals surface area contributed by atoms with Gasteiger partial charge in [-0.3, -0.25) is 4.90 Å². The van der Waals surface area contributed by atoms with Crippen LogP contribution in [0, 0.1) is 0 Å². The topological polar surface area (TPSA) is 66.4 Å². The molecule has 2 aromatic rings. The van der Waals surface area contributed by atoms with Crippen molar-refractivity contribution in [2.45, 2.75) is 32.7 Å². The molecule has 1 N–H and O–H groups in total. The fraction of sp³-hybridized carbons (Fsp3) is 0.385. The number of carbonyl (C=O) groups is 1. The van der Waals surface area contributed by atoms with Crippen LogP contribution in [0.5, 0.6) is 11.5 Å². The summed E-state index contributed by atoms with van der Waals surface area (Å²) in [4.78, 5) is 15.1. The van der Waals surface area contributed by atoms with Crippen molar-refractivity contribution >= 4 is 17.8 Å². The third-order valence-electron chi connectivity index (χ3n) is 6.20. The zero-order valence-corrected chi connectivity index (χ0v) is 19.9. The van der Waals surface area contributed by atoms with Gasteiger partial charge in [0.05, 0.1) is 19.9 Å². The maximum absolute atomic E-state index is 12.6. The van der Waals surface area contributed by atoms with Crippen molar-refractivity contribution in [1.82, 2.24) is 15.2 Å². The minimum absolute atomic E-state index is 0.297. The van der Waals surface area contributed by atoms with Crippen LogP contribution in [0.4, 0.5) is 4.79 Å². The Bertz CT molecular complexity index is 1070. The third-order valence-corrected chi connectivity index (χ3v) is 6.20. The van der Waals surface area contributed by atoms with Crippen LogP contribution in [0.3, 0.4) is 0 Å². The molecule has 0 atom stereocenters. The predicted molar refractivity (Wildman–Crippen MR) is 131 cm³/mol. The summed E-state index contributed by atoms with van der Waals surface area (Å²) in [6, 6.07) is 12.0. The van der Waals surface area contributed by atoms with Crippen molar-refractivity contribution < 1.29 is 14.3 Å². The van der Waals surface area contributed by atoms with Crippen LogP contribution in [-0.2, 0) is 6.54 Å². The first-order valence-corrected chi connectivity index (χ1v) is 11.4. The van der Waals surface area contributed by atoms with Crippen molar-refractivity contribution in [3.63, 3.8) is 0 Å². The smallest absolute Gasteiger partial charge is 0.342 e. The third kappa shape index (κ3) is 4.88. The summed E-state index contributed by atoms with van der Waals surface area (Å²) in [7, 11) is 4.83. The van der Waals surface area contributed by atoms with Gasteiger partial charge < -0.3 is 14.8 Å². The van der Waals surface area contributed by atoms with Gasteiger partial charge in [0.25, 0.3) is 0 Å². The minimum atomic E-state index is -0.297. The number of hydrazone groups is 1. The van der Waals surface area contributed by atoms with E-state index in [1.54, 1.807) is 21.3 Å². The van der Waals surface area contributed by atoms with E-state index in [1.165, 1.54) is 29.8 Å². The average Bonchev–Trinajstić information content (AvgIpc) is 2.99. The Kier molecular flexibility index (Phi) is 6.99. The number of carbonyl (C=O) groups excluding carboxylic acids is 1. The van der Waals surface area contributed by atoms with E-state index in [4.69, 9.17) is 14.6 Å². The summed E-state index contributed by atoms with van der Waals surface area (Å²) >= 11 is 0. The molecule has 0 aromatic heterocycles. The van der Waals surface area contributed by atoms with Crippen LogP contribution in [0.25, 0.3) is 6.08 Å². The number of ether oxygens (including phenoxy) is 2. The number of likely N-dealkylation sites (tertiary alicyclic amines) is 1. The lowest BCUT2D eigenvalue weighted by Crippen LogP contribution is -2.33. The van der Waals surface area contributed by atoms with Crippen LogP contribution < -0.4 is 14.8 Å². The largest absolute Gasteiger partial charge is 0.493 e. The molecule has 2 aromatic carbocycles. The van der Waals surface area contributed by atoms with Crippen molar-refractivity contribution in [3.05, 3.63) is 64.3 Å². The fourth-order valence-electron chi connectivity index (χ4n) is 4.41. The monoisotopic (exact) mass is 448 g/mol. The SMILES string of the molecule is CNC(=O)N1N=C(c2ccc(CN3CCCCC3)cc2)c2cc(OC)c(OC)cc2C=C1C. The van der Waals surface area contributed by atoms with Gasteiger partial charge in [-0.05, 0) is 62.2 Å². The number of hydrogen-bond acceptors (Lipinski definition) is 5. The van der Waals surface area contributed by atoms with Gasteiger partial charge in [0, 0.05) is 30.4 Å². The molecule has 174 valence electrons. The van der Waals surface area contributed by atoms with Crippen LogP contribution in [0.1, 0.15) is 48.4 Å². The predicted octanol–water partition coefficient (Wildman–Crippen LogP) is 4.46. The Morgan fingerprint density at radius 2 is 1.70 bits per heavy atom. The highest BCUT2D eigenvalue weighted by Crippen LogP contribution is 2.35. The second kappa shape index (κ2) is 10.1. The molecule has 7 nitrogen and oxygen atoms in total. The van der Waals surface area contributed by atoms with Gasteiger partial charge in [-0.15, -0.1) is 0 Å². The first-order valence-electron chi connectivity index (χ1n) is 11.4. The summed E-state index contributed by atoms with van der Waals surface area (Å²) in [6.07, 6.45) is 5.82. The molecule has 7 heteroatoms. The van der Waals surface area contributed by atoms with E-state index in [1.807, 2.05) is 25.1 Å². The molecule has 0 spiro atoms. The maximum Gasteiger partial charge on any atom is 0.342 e. The lowest BCUT2D eigenvalue weighted by atomic mass is 9.95. The molecule has 1 saturated heterocycles. The Balaban J connectivity index is 1.75. The molecule has 0 unspecified atom stereocenters. The van der Waals surface area contributed by atoms with Crippen LogP contribution >= 0.6 is 0 Å². The lowest BCUT2D eigenvalue weighted by Gasteiger charge is -2.26. The maximum atomic E-state index is 12.6. The van der Waals surface area contributed by atoms with Crippen molar-refractivity contribution in [3.8, 4) is 11.5 Å². The van der Waals surface area contributed by atoms with Crippen molar-refractivity contribution in [2.75, 3.05) is 34.4 Å². The van der Waals surface area contributed by atoms with Crippen LogP contribution in [-0.4, -0.2) is 56.0 Å². The number of nitrogens with zero attached hydrogens (tertiary/aromatic N) is 3. The average molecular weight is 449 g/mol. The van der Waals surface area contributed by atoms with E-state index in [2.05, 4.69) is 34.5 Å². The van der Waals surface area contributed by atoms with Gasteiger partial charge in [-0.2, -0.15) is 10.1 Å². The zero-order valence-electron chi connectivity index (χ0n) is 19.9. The zero-order chi connectivity index (χ0) is 23.4. The number of allylic oxidation sites excluding steroid dienone is 1. The van der Waals surface area contributed by atoms with E-state index >= 15 is 0 Å². The van der Waals surface area contributed by atoms with Gasteiger partial charge in [0.2, 0.25) is 0 Å². The summed E-state index contributed by atoms with van der Waals surface area (Å²) in [6.45, 7) is 5.15. The van der Waals surface area contributed by atoms with Crippen molar-refractivity contribution in [1.29, 1.82) is 0 Å². The molecule has 0 radical (unpaired) electrons. The van der Waals surface area contributed by atoms with Gasteiger partial charge in [0.1, 0.15) is 0 Å². The van der Waals surface area contributed by atoms with E-state index in [-0.39, 0.29) is 6.03 Å². The van der Waals surface area contributed by atoms with Gasteiger partial charge in [-0.1, -0.05) is 30.7 Å². The van der Waals surface area contributed by atoms with Crippen LogP contribution in [0.15, 0.2) is 47.2 Å². The fourth-order valence-corrected chi connectivity index (χ4v) is 4.41. The Labute approximate surface area is 195 Å². The summed E-state index contributed by atoms with van der Waals surface area (Å²) in [5.74, 6) is 1.25. The molecule has 0 aliphatic carbocycles. The molecule has 0 bridgehead atoms. The molecule has 2 heterocycles. The Morgan fingerprint density at radius 3 is 2.33 bits per heavy atom. The highest BCUT2D eigenvalue weighted by atomic mass is 16.5. The Morgan fingerprint density at radius 1 is 1.03 bits per heavy atom. The Hall–Kier alpha value is -3.32. The van der Waals surface area contributed by atoms with Crippen LogP contribution in [0.2, 0.25) is 0 Å². The summed E-state index contributed by atoms with van der Waals surface area (Å²) in [5, 5.41) is 8.85. The highest BCUT2D eigenvalue weighted by Gasteiger charge is 2.24. The number of piperidine rings is 1. The normalized spacial score (nSPS) is 16.3. The first-order chi connectivity index (χ1) is 16.0. The number of nitrogens with one attached hydrogen (secondary N) is 1. The molecule has 1 fully saturated rings. The molecule has 33 heavy (non-hydrogen) atoms. The molecule has 2 amide bonds. The second-order valence-electron chi connectivity index (χ2n) is 8.43. The summed E-state index contributed by atoms with van der Waals surface area (Å²) in [5.41, 5.74) is 5.41. The summed E-state index contributed by atoms with van der Waals surface area (Å²) < 4.78 is 11.1. The molecular formula is C26H32N4O3. The number of methoxy groups -OCH3 is 2. The number of rotatable bonds is 5. The van der Waals surface area contributed by atoms with E-state index in [9.17, 15) is 4.79 Å². The van der Waals surface area contributed by atoms with E-state index in [0.717, 1.165) is 36.3 Å². The number of fused-ring (bicyclic) bond motifs is 1.